The zero-order valence-electron chi connectivity index (χ0n) is 13.3. The largest absolute Gasteiger partial charge is 0.384 e. The minimum atomic E-state index is -0.273. The first kappa shape index (κ1) is 16.7. The number of hydrogen-bond acceptors (Lipinski definition) is 4. The molecule has 0 aliphatic rings. The number of rotatable bonds is 5. The van der Waals surface area contributed by atoms with Crippen LogP contribution in [0.2, 0.25) is 5.02 Å². The molecule has 1 aromatic carbocycles. The standard InChI is InChI=1S/C18H16ClN5O/c19-15-3-1-2-14(8-15)10-24-11-17(22-12-24)23-18(25)7-5-13-4-6-16(20)21-9-13/h1-9,11-12H,10H2,(H2,20,21)(H,23,25)/b7-5+. The van der Waals surface area contributed by atoms with E-state index < -0.39 is 0 Å². The van der Waals surface area contributed by atoms with Crippen LogP contribution in [0, 0.1) is 0 Å². The fraction of sp³-hybridized carbons (Fsp3) is 0.0556. The molecule has 0 aliphatic heterocycles. The van der Waals surface area contributed by atoms with Gasteiger partial charge in [-0.15, -0.1) is 0 Å². The van der Waals surface area contributed by atoms with Gasteiger partial charge in [0.15, 0.2) is 5.82 Å². The summed E-state index contributed by atoms with van der Waals surface area (Å²) in [4.78, 5) is 20.1. The maximum Gasteiger partial charge on any atom is 0.249 e. The molecule has 0 bridgehead atoms. The van der Waals surface area contributed by atoms with E-state index in [0.717, 1.165) is 11.1 Å². The number of carbonyl (C=O) groups is 1. The average molecular weight is 354 g/mol. The number of nitrogens with two attached hydrogens (primary N) is 1. The number of halogens is 1. The van der Waals surface area contributed by atoms with Gasteiger partial charge >= 0.3 is 0 Å². The molecule has 0 saturated heterocycles. The van der Waals surface area contributed by atoms with Gasteiger partial charge < -0.3 is 15.6 Å². The lowest BCUT2D eigenvalue weighted by molar-refractivity contribution is -0.111. The van der Waals surface area contributed by atoms with Crippen LogP contribution in [0.15, 0.2) is 61.2 Å². The Labute approximate surface area is 150 Å². The molecule has 7 heteroatoms. The van der Waals surface area contributed by atoms with Crippen LogP contribution < -0.4 is 11.1 Å². The van der Waals surface area contributed by atoms with Crippen molar-refractivity contribution in [3.63, 3.8) is 0 Å². The Bertz CT molecular complexity index is 902. The van der Waals surface area contributed by atoms with Crippen molar-refractivity contribution in [3.05, 3.63) is 77.3 Å². The number of nitrogens with one attached hydrogen (secondary N) is 1. The molecule has 2 aromatic heterocycles. The Kier molecular flexibility index (Phi) is 5.11. The quantitative estimate of drug-likeness (QED) is 0.689. The molecule has 3 N–H and O–H groups in total. The summed E-state index contributed by atoms with van der Waals surface area (Å²) in [7, 11) is 0. The van der Waals surface area contributed by atoms with Crippen molar-refractivity contribution < 1.29 is 4.79 Å². The van der Waals surface area contributed by atoms with E-state index in [0.29, 0.717) is 23.2 Å². The molecule has 0 fully saturated rings. The molecule has 0 spiro atoms. The van der Waals surface area contributed by atoms with Crippen molar-refractivity contribution in [3.8, 4) is 0 Å². The predicted octanol–water partition coefficient (Wildman–Crippen LogP) is 3.21. The molecule has 6 nitrogen and oxygen atoms in total. The summed E-state index contributed by atoms with van der Waals surface area (Å²) in [6, 6.07) is 11.1. The fourth-order valence-corrected chi connectivity index (χ4v) is 2.43. The number of hydrogen-bond donors (Lipinski definition) is 2. The third kappa shape index (κ3) is 4.92. The number of nitrogen functional groups attached to an aromatic ring is 1. The number of anilines is 2. The number of aromatic nitrogens is 3. The van der Waals surface area contributed by atoms with Gasteiger partial charge in [-0.3, -0.25) is 4.79 Å². The topological polar surface area (TPSA) is 85.8 Å². The SMILES string of the molecule is Nc1ccc(/C=C/C(=O)Nc2cn(Cc3cccc(Cl)c3)cn2)cn1. The van der Waals surface area contributed by atoms with E-state index in [2.05, 4.69) is 15.3 Å². The van der Waals surface area contributed by atoms with Gasteiger partial charge in [-0.1, -0.05) is 23.7 Å². The summed E-state index contributed by atoms with van der Waals surface area (Å²) in [6.07, 6.45) is 8.09. The molecule has 3 rings (SSSR count). The van der Waals surface area contributed by atoms with Gasteiger partial charge in [0.1, 0.15) is 5.82 Å². The van der Waals surface area contributed by atoms with Crippen molar-refractivity contribution in [2.45, 2.75) is 6.54 Å². The molecule has 3 aromatic rings. The zero-order chi connectivity index (χ0) is 17.6. The highest BCUT2D eigenvalue weighted by Gasteiger charge is 2.03. The Balaban J connectivity index is 1.59. The van der Waals surface area contributed by atoms with Gasteiger partial charge in [0, 0.05) is 30.0 Å². The zero-order valence-corrected chi connectivity index (χ0v) is 14.0. The second-order valence-electron chi connectivity index (χ2n) is 5.40. The number of carbonyl (C=O) groups excluding carboxylic acids is 1. The van der Waals surface area contributed by atoms with Crippen LogP contribution in [0.25, 0.3) is 6.08 Å². The summed E-state index contributed by atoms with van der Waals surface area (Å²) in [5, 5.41) is 3.40. The van der Waals surface area contributed by atoms with Crippen LogP contribution in [0.3, 0.4) is 0 Å². The molecule has 0 atom stereocenters. The van der Waals surface area contributed by atoms with Crippen molar-refractivity contribution in [1.29, 1.82) is 0 Å². The Hall–Kier alpha value is -3.12. The highest BCUT2D eigenvalue weighted by molar-refractivity contribution is 6.30. The molecule has 0 radical (unpaired) electrons. The fourth-order valence-electron chi connectivity index (χ4n) is 2.21. The maximum absolute atomic E-state index is 12.0. The van der Waals surface area contributed by atoms with Crippen LogP contribution in [0.4, 0.5) is 11.6 Å². The van der Waals surface area contributed by atoms with E-state index in [-0.39, 0.29) is 5.91 Å². The van der Waals surface area contributed by atoms with Crippen LogP contribution in [-0.2, 0) is 11.3 Å². The second kappa shape index (κ2) is 7.63. The third-order valence-corrected chi connectivity index (χ3v) is 3.61. The van der Waals surface area contributed by atoms with Gasteiger partial charge in [0.2, 0.25) is 5.91 Å². The van der Waals surface area contributed by atoms with Crippen LogP contribution in [0.5, 0.6) is 0 Å². The van der Waals surface area contributed by atoms with Gasteiger partial charge in [-0.2, -0.15) is 0 Å². The highest BCUT2D eigenvalue weighted by atomic mass is 35.5. The first-order valence-electron chi connectivity index (χ1n) is 7.55. The van der Waals surface area contributed by atoms with Crippen molar-refractivity contribution in [1.82, 2.24) is 14.5 Å². The number of imidazole rings is 1. The average Bonchev–Trinajstić information content (AvgIpc) is 3.01. The van der Waals surface area contributed by atoms with E-state index >= 15 is 0 Å². The smallest absolute Gasteiger partial charge is 0.249 e. The van der Waals surface area contributed by atoms with E-state index in [4.69, 9.17) is 17.3 Å². The molecule has 1 amide bonds. The summed E-state index contributed by atoms with van der Waals surface area (Å²) in [6.45, 7) is 0.621. The minimum absolute atomic E-state index is 0.273. The third-order valence-electron chi connectivity index (χ3n) is 3.38. The van der Waals surface area contributed by atoms with Crippen molar-refractivity contribution in [2.24, 2.45) is 0 Å². The normalized spacial score (nSPS) is 10.9. The Morgan fingerprint density at radius 2 is 2.16 bits per heavy atom. The van der Waals surface area contributed by atoms with Gasteiger partial charge in [0.25, 0.3) is 0 Å². The molecular weight excluding hydrogens is 338 g/mol. The summed E-state index contributed by atoms with van der Waals surface area (Å²) in [5.74, 6) is 0.642. The number of pyridine rings is 1. The van der Waals surface area contributed by atoms with E-state index in [1.54, 1.807) is 36.9 Å². The number of benzene rings is 1. The molecule has 0 unspecified atom stereocenters. The molecule has 25 heavy (non-hydrogen) atoms. The van der Waals surface area contributed by atoms with Gasteiger partial charge in [-0.05, 0) is 41.5 Å². The lowest BCUT2D eigenvalue weighted by Crippen LogP contribution is -2.08. The Morgan fingerprint density at radius 1 is 1.28 bits per heavy atom. The predicted molar refractivity (Wildman–Crippen MR) is 99.1 cm³/mol. The minimum Gasteiger partial charge on any atom is -0.384 e. The summed E-state index contributed by atoms with van der Waals surface area (Å²) in [5.41, 5.74) is 7.36. The lowest BCUT2D eigenvalue weighted by atomic mass is 10.2. The molecule has 0 saturated carbocycles. The monoisotopic (exact) mass is 353 g/mol. The number of amides is 1. The van der Waals surface area contributed by atoms with Crippen molar-refractivity contribution >= 4 is 35.2 Å². The van der Waals surface area contributed by atoms with Crippen LogP contribution in [0.1, 0.15) is 11.1 Å². The molecule has 126 valence electrons. The number of nitrogens with zero attached hydrogens (tertiary/aromatic N) is 3. The first-order valence-corrected chi connectivity index (χ1v) is 7.93. The Morgan fingerprint density at radius 3 is 2.92 bits per heavy atom. The summed E-state index contributed by atoms with van der Waals surface area (Å²) < 4.78 is 1.87. The van der Waals surface area contributed by atoms with E-state index in [1.165, 1.54) is 6.08 Å². The first-order chi connectivity index (χ1) is 12.1. The molecular formula is C18H16ClN5O. The second-order valence-corrected chi connectivity index (χ2v) is 5.84. The maximum atomic E-state index is 12.0. The van der Waals surface area contributed by atoms with Crippen molar-refractivity contribution in [2.75, 3.05) is 11.1 Å². The van der Waals surface area contributed by atoms with E-state index in [9.17, 15) is 4.79 Å². The highest BCUT2D eigenvalue weighted by Crippen LogP contribution is 2.13. The van der Waals surface area contributed by atoms with Crippen LogP contribution >= 0.6 is 11.6 Å². The van der Waals surface area contributed by atoms with Gasteiger partial charge in [0.05, 0.1) is 6.33 Å². The van der Waals surface area contributed by atoms with Gasteiger partial charge in [-0.25, -0.2) is 9.97 Å². The molecule has 2 heterocycles. The van der Waals surface area contributed by atoms with E-state index in [1.807, 2.05) is 28.8 Å². The lowest BCUT2D eigenvalue weighted by Gasteiger charge is -2.02. The summed E-state index contributed by atoms with van der Waals surface area (Å²) >= 11 is 5.98. The molecule has 0 aliphatic carbocycles. The van der Waals surface area contributed by atoms with Crippen LogP contribution in [-0.4, -0.2) is 20.4 Å².